The van der Waals surface area contributed by atoms with Gasteiger partial charge >= 0.3 is 5.88 Å². The van der Waals surface area contributed by atoms with E-state index in [1.807, 2.05) is 6.07 Å². The fourth-order valence-corrected chi connectivity index (χ4v) is 1.80. The van der Waals surface area contributed by atoms with E-state index in [9.17, 15) is 10.1 Å². The van der Waals surface area contributed by atoms with Gasteiger partial charge in [0.1, 0.15) is 10.6 Å². The summed E-state index contributed by atoms with van der Waals surface area (Å²) in [5.41, 5.74) is 1.25. The van der Waals surface area contributed by atoms with Gasteiger partial charge in [-0.3, -0.25) is 15.2 Å². The second-order valence-corrected chi connectivity index (χ2v) is 4.25. The first kappa shape index (κ1) is 13.6. The van der Waals surface area contributed by atoms with Crippen LogP contribution in [0.5, 0.6) is 0 Å². The van der Waals surface area contributed by atoms with Crippen LogP contribution in [0.1, 0.15) is 5.56 Å². The van der Waals surface area contributed by atoms with Crippen molar-refractivity contribution in [2.45, 2.75) is 6.54 Å². The van der Waals surface area contributed by atoms with Gasteiger partial charge in [-0.2, -0.15) is 10.2 Å². The summed E-state index contributed by atoms with van der Waals surface area (Å²) in [6, 6.07) is 8.12. The molecular formula is C13H10N6O3. The van der Waals surface area contributed by atoms with Crippen LogP contribution in [0.15, 0.2) is 57.4 Å². The molecule has 0 aliphatic rings. The number of H-pyrrole nitrogens is 1. The summed E-state index contributed by atoms with van der Waals surface area (Å²) in [6.45, 7) is 0.247. The lowest BCUT2D eigenvalue weighted by atomic mass is 10.2. The molecule has 0 bridgehead atoms. The Labute approximate surface area is 123 Å². The Bertz CT molecular complexity index is 808. The lowest BCUT2D eigenvalue weighted by Crippen LogP contribution is -1.84. The topological polar surface area (TPSA) is 123 Å². The minimum Gasteiger partial charge on any atom is -0.399 e. The van der Waals surface area contributed by atoms with Gasteiger partial charge in [-0.1, -0.05) is 6.07 Å². The Balaban J connectivity index is 1.77. The van der Waals surface area contributed by atoms with E-state index in [2.05, 4.69) is 25.4 Å². The summed E-state index contributed by atoms with van der Waals surface area (Å²) in [5.74, 6) is 0.499. The maximum atomic E-state index is 10.6. The van der Waals surface area contributed by atoms with E-state index in [1.54, 1.807) is 24.5 Å². The van der Waals surface area contributed by atoms with Crippen LogP contribution >= 0.6 is 0 Å². The van der Waals surface area contributed by atoms with Crippen LogP contribution in [0.25, 0.3) is 11.5 Å². The first-order valence-corrected chi connectivity index (χ1v) is 6.29. The van der Waals surface area contributed by atoms with Crippen molar-refractivity contribution >= 4 is 11.7 Å². The summed E-state index contributed by atoms with van der Waals surface area (Å²) in [6.07, 6.45) is 3.20. The minimum absolute atomic E-state index is 0.247. The van der Waals surface area contributed by atoms with Crippen LogP contribution in [-0.2, 0) is 6.54 Å². The van der Waals surface area contributed by atoms with Crippen LogP contribution in [0.4, 0.5) is 11.7 Å². The number of pyridine rings is 1. The lowest BCUT2D eigenvalue weighted by molar-refractivity contribution is -0.401. The molecule has 9 nitrogen and oxygen atoms in total. The highest BCUT2D eigenvalue weighted by Crippen LogP contribution is 2.27. The number of rotatable bonds is 5. The third kappa shape index (κ3) is 2.87. The molecule has 0 aliphatic heterocycles. The normalized spacial score (nSPS) is 11.1. The lowest BCUT2D eigenvalue weighted by Gasteiger charge is -1.95. The molecule has 0 amide bonds. The Kier molecular flexibility index (Phi) is 3.69. The zero-order chi connectivity index (χ0) is 15.4. The number of hydrogen-bond acceptors (Lipinski definition) is 7. The van der Waals surface area contributed by atoms with Crippen molar-refractivity contribution < 1.29 is 9.34 Å². The maximum Gasteiger partial charge on any atom is 0.433 e. The van der Waals surface area contributed by atoms with Gasteiger partial charge in [0.2, 0.25) is 0 Å². The molecule has 3 aromatic heterocycles. The van der Waals surface area contributed by atoms with Crippen molar-refractivity contribution in [3.05, 3.63) is 58.4 Å². The number of aromatic amines is 1. The number of aromatic nitrogens is 3. The zero-order valence-electron chi connectivity index (χ0n) is 11.2. The van der Waals surface area contributed by atoms with Crippen LogP contribution < -0.4 is 0 Å². The van der Waals surface area contributed by atoms with Crippen LogP contribution in [-0.4, -0.2) is 20.1 Å². The Morgan fingerprint density at radius 1 is 1.32 bits per heavy atom. The van der Waals surface area contributed by atoms with Crippen molar-refractivity contribution in [1.82, 2.24) is 15.2 Å². The number of nitrogens with zero attached hydrogens (tertiary/aromatic N) is 5. The maximum absolute atomic E-state index is 10.6. The second-order valence-electron chi connectivity index (χ2n) is 4.25. The molecule has 0 aromatic carbocycles. The van der Waals surface area contributed by atoms with Crippen molar-refractivity contribution in [1.29, 1.82) is 0 Å². The quantitative estimate of drug-likeness (QED) is 0.440. The highest BCUT2D eigenvalue weighted by Gasteiger charge is 2.16. The van der Waals surface area contributed by atoms with E-state index in [0.717, 1.165) is 0 Å². The van der Waals surface area contributed by atoms with Gasteiger partial charge < -0.3 is 4.42 Å². The van der Waals surface area contributed by atoms with Gasteiger partial charge in [-0.05, 0) is 18.2 Å². The van der Waals surface area contributed by atoms with Crippen molar-refractivity contribution in [2.75, 3.05) is 0 Å². The molecule has 3 aromatic rings. The van der Waals surface area contributed by atoms with Gasteiger partial charge in [0.25, 0.3) is 0 Å². The van der Waals surface area contributed by atoms with E-state index < -0.39 is 4.92 Å². The first-order chi connectivity index (χ1) is 10.7. The van der Waals surface area contributed by atoms with Gasteiger partial charge in [-0.15, -0.1) is 5.11 Å². The highest BCUT2D eigenvalue weighted by molar-refractivity contribution is 5.57. The standard InChI is InChI=1S/C13H10N6O3/c20-19(21)12-5-4-10(22-12)13-9(8-16-18-13)7-15-17-11-3-1-2-6-14-11/h1-6,8H,7H2,(H,16,18). The third-order valence-electron chi connectivity index (χ3n) is 2.80. The van der Waals surface area contributed by atoms with Crippen molar-refractivity contribution in [2.24, 2.45) is 10.2 Å². The largest absolute Gasteiger partial charge is 0.433 e. The molecular weight excluding hydrogens is 288 g/mol. The molecule has 3 rings (SSSR count). The fourth-order valence-electron chi connectivity index (χ4n) is 1.80. The molecule has 0 saturated carbocycles. The highest BCUT2D eigenvalue weighted by atomic mass is 16.6. The van der Waals surface area contributed by atoms with Gasteiger partial charge in [-0.25, -0.2) is 4.98 Å². The number of hydrogen-bond donors (Lipinski definition) is 1. The number of nitrogens with one attached hydrogen (secondary N) is 1. The average Bonchev–Trinajstić information content (AvgIpc) is 3.16. The van der Waals surface area contributed by atoms with Crippen LogP contribution in [0.2, 0.25) is 0 Å². The molecule has 1 N–H and O–H groups in total. The first-order valence-electron chi connectivity index (χ1n) is 6.29. The predicted molar refractivity (Wildman–Crippen MR) is 75.4 cm³/mol. The molecule has 110 valence electrons. The summed E-state index contributed by atoms with van der Waals surface area (Å²) in [4.78, 5) is 14.1. The SMILES string of the molecule is O=[N+]([O-])c1ccc(-c2[nH]ncc2CN=Nc2ccccn2)o1. The Morgan fingerprint density at radius 2 is 2.23 bits per heavy atom. The summed E-state index contributed by atoms with van der Waals surface area (Å²) in [5, 5.41) is 25.3. The van der Waals surface area contributed by atoms with E-state index >= 15 is 0 Å². The number of furan rings is 1. The van der Waals surface area contributed by atoms with E-state index in [0.29, 0.717) is 22.8 Å². The van der Waals surface area contributed by atoms with Gasteiger partial charge in [0, 0.05) is 11.8 Å². The van der Waals surface area contributed by atoms with Gasteiger partial charge in [0.05, 0.1) is 18.8 Å². The predicted octanol–water partition coefficient (Wildman–Crippen LogP) is 3.26. The Hall–Kier alpha value is -3.36. The van der Waals surface area contributed by atoms with E-state index in [1.165, 1.54) is 12.1 Å². The molecule has 0 spiro atoms. The molecule has 3 heterocycles. The second kappa shape index (κ2) is 5.95. The molecule has 22 heavy (non-hydrogen) atoms. The minimum atomic E-state index is -0.597. The average molecular weight is 298 g/mol. The molecule has 0 unspecified atom stereocenters. The van der Waals surface area contributed by atoms with Crippen molar-refractivity contribution in [3.8, 4) is 11.5 Å². The summed E-state index contributed by atoms with van der Waals surface area (Å²) in [7, 11) is 0. The van der Waals surface area contributed by atoms with Crippen molar-refractivity contribution in [3.63, 3.8) is 0 Å². The number of azo groups is 1. The van der Waals surface area contributed by atoms with Crippen LogP contribution in [0.3, 0.4) is 0 Å². The zero-order valence-corrected chi connectivity index (χ0v) is 11.2. The van der Waals surface area contributed by atoms with E-state index in [-0.39, 0.29) is 12.4 Å². The van der Waals surface area contributed by atoms with E-state index in [4.69, 9.17) is 4.42 Å². The molecule has 0 radical (unpaired) electrons. The molecule has 0 atom stereocenters. The Morgan fingerprint density at radius 3 is 2.95 bits per heavy atom. The van der Waals surface area contributed by atoms with Crippen LogP contribution in [0, 0.1) is 10.1 Å². The molecule has 0 aliphatic carbocycles. The molecule has 9 heteroatoms. The summed E-state index contributed by atoms with van der Waals surface area (Å²) >= 11 is 0. The monoisotopic (exact) mass is 298 g/mol. The molecule has 0 fully saturated rings. The molecule has 0 saturated heterocycles. The number of nitro groups is 1. The summed E-state index contributed by atoms with van der Waals surface area (Å²) < 4.78 is 5.14. The smallest absolute Gasteiger partial charge is 0.399 e. The van der Waals surface area contributed by atoms with Gasteiger partial charge in [0.15, 0.2) is 11.6 Å². The third-order valence-corrected chi connectivity index (χ3v) is 2.80. The fraction of sp³-hybridized carbons (Fsp3) is 0.0769.